The van der Waals surface area contributed by atoms with Gasteiger partial charge in [0.15, 0.2) is 0 Å². The third-order valence-electron chi connectivity index (χ3n) is 3.63. The molecule has 2 unspecified atom stereocenters. The third-order valence-corrected chi connectivity index (χ3v) is 3.63. The third kappa shape index (κ3) is 14.6. The topological polar surface area (TPSA) is 80.8 Å². The molecule has 2 atom stereocenters. The Balaban J connectivity index is 0.000000267. The Hall–Kier alpha value is -0.950. The molecule has 0 aromatic carbocycles. The number of unbranched alkanes of at least 4 members (excludes halogenated alkanes) is 6. The Labute approximate surface area is 145 Å². The zero-order chi connectivity index (χ0) is 17.5. The predicted molar refractivity (Wildman–Crippen MR) is 90.9 cm³/mol. The first-order chi connectivity index (χ1) is 11.8. The zero-order valence-corrected chi connectivity index (χ0v) is 14.6. The molecule has 0 aromatic heterocycles. The molecule has 140 valence electrons. The number of ether oxygens (including phenoxy) is 4. The van der Waals surface area contributed by atoms with Gasteiger partial charge in [-0.15, -0.1) is 0 Å². The molecule has 0 spiro atoms. The molecule has 0 radical (unpaired) electrons. The van der Waals surface area contributed by atoms with Gasteiger partial charge in [0, 0.05) is 12.7 Å². The van der Waals surface area contributed by atoms with Gasteiger partial charge >= 0.3 is 5.97 Å². The fourth-order valence-electron chi connectivity index (χ4n) is 1.99. The lowest BCUT2D eigenvalue weighted by Crippen LogP contribution is -2.06. The second-order valence-corrected chi connectivity index (χ2v) is 6.02. The molecule has 2 rings (SSSR count). The van der Waals surface area contributed by atoms with Gasteiger partial charge in [0.1, 0.15) is 12.2 Å². The number of epoxide rings is 2. The smallest absolute Gasteiger partial charge is 0.330 e. The number of rotatable bonds is 14. The highest BCUT2D eigenvalue weighted by Gasteiger charge is 2.26. The number of aliphatic hydroxyl groups excluding tert-OH is 1. The van der Waals surface area contributed by atoms with Crippen LogP contribution in [-0.4, -0.2) is 62.9 Å². The first-order valence-corrected chi connectivity index (χ1v) is 8.97. The largest absolute Gasteiger partial charge is 0.463 e. The maximum Gasteiger partial charge on any atom is 0.330 e. The monoisotopic (exact) mass is 344 g/mol. The van der Waals surface area contributed by atoms with Crippen molar-refractivity contribution in [2.24, 2.45) is 0 Å². The molecule has 0 aromatic rings. The van der Waals surface area contributed by atoms with Gasteiger partial charge in [-0.05, 0) is 12.8 Å². The maximum absolute atomic E-state index is 10.7. The summed E-state index contributed by atoms with van der Waals surface area (Å²) >= 11 is 0. The second-order valence-electron chi connectivity index (χ2n) is 6.02. The number of esters is 1. The summed E-state index contributed by atoms with van der Waals surface area (Å²) in [6, 6.07) is 0. The molecule has 6 heteroatoms. The van der Waals surface area contributed by atoms with E-state index in [-0.39, 0.29) is 5.97 Å². The lowest BCUT2D eigenvalue weighted by Gasteiger charge is -2.02. The summed E-state index contributed by atoms with van der Waals surface area (Å²) in [5, 5.41) is 8.56. The van der Waals surface area contributed by atoms with Crippen molar-refractivity contribution in [1.82, 2.24) is 0 Å². The minimum Gasteiger partial charge on any atom is -0.463 e. The molecule has 2 aliphatic rings. The van der Waals surface area contributed by atoms with Crippen molar-refractivity contribution >= 4 is 5.97 Å². The summed E-state index contributed by atoms with van der Waals surface area (Å²) in [6.07, 6.45) is 9.60. The maximum atomic E-state index is 10.7. The lowest BCUT2D eigenvalue weighted by molar-refractivity contribution is -0.137. The summed E-state index contributed by atoms with van der Waals surface area (Å²) in [4.78, 5) is 10.7. The quantitative estimate of drug-likeness (QED) is 0.225. The zero-order valence-electron chi connectivity index (χ0n) is 14.6. The van der Waals surface area contributed by atoms with Crippen LogP contribution in [0, 0.1) is 0 Å². The summed E-state index contributed by atoms with van der Waals surface area (Å²) in [7, 11) is 0. The van der Waals surface area contributed by atoms with Crippen LogP contribution in [0.15, 0.2) is 12.7 Å². The molecule has 6 nitrogen and oxygen atoms in total. The summed E-state index contributed by atoms with van der Waals surface area (Å²) in [6.45, 7) is 7.39. The number of aliphatic hydroxyl groups is 1. The fraction of sp³-hybridized carbons (Fsp3) is 0.833. The van der Waals surface area contributed by atoms with E-state index in [9.17, 15) is 4.79 Å². The van der Waals surface area contributed by atoms with Gasteiger partial charge in [0.2, 0.25) is 0 Å². The highest BCUT2D eigenvalue weighted by atomic mass is 16.6. The molecule has 2 heterocycles. The Morgan fingerprint density at radius 3 is 1.96 bits per heavy atom. The first-order valence-electron chi connectivity index (χ1n) is 8.97. The first kappa shape index (κ1) is 21.1. The number of hydrogen-bond acceptors (Lipinski definition) is 6. The highest BCUT2D eigenvalue weighted by Crippen LogP contribution is 2.12. The Morgan fingerprint density at radius 2 is 1.50 bits per heavy atom. The van der Waals surface area contributed by atoms with Crippen LogP contribution in [-0.2, 0) is 23.7 Å². The van der Waals surface area contributed by atoms with E-state index in [1.807, 2.05) is 0 Å². The van der Waals surface area contributed by atoms with E-state index in [4.69, 9.17) is 24.1 Å². The van der Waals surface area contributed by atoms with Crippen molar-refractivity contribution in [3.63, 3.8) is 0 Å². The molecule has 0 bridgehead atoms. The Bertz CT molecular complexity index is 313. The van der Waals surface area contributed by atoms with Crippen molar-refractivity contribution in [3.8, 4) is 0 Å². The predicted octanol–water partition coefficient (Wildman–Crippen LogP) is 2.24. The van der Waals surface area contributed by atoms with Crippen LogP contribution in [0.25, 0.3) is 0 Å². The molecular weight excluding hydrogens is 312 g/mol. The molecule has 2 saturated heterocycles. The van der Waals surface area contributed by atoms with E-state index in [1.54, 1.807) is 0 Å². The second kappa shape index (κ2) is 14.4. The number of carbonyl (C=O) groups is 1. The molecular formula is C18H32O6. The Kier molecular flexibility index (Phi) is 12.7. The van der Waals surface area contributed by atoms with E-state index in [1.165, 1.54) is 25.3 Å². The normalized spacial score (nSPS) is 20.7. The number of carbonyl (C=O) groups excluding carboxylic acids is 1. The van der Waals surface area contributed by atoms with Gasteiger partial charge < -0.3 is 24.1 Å². The van der Waals surface area contributed by atoms with Crippen LogP contribution in [0.2, 0.25) is 0 Å². The molecule has 0 amide bonds. The van der Waals surface area contributed by atoms with E-state index in [0.717, 1.165) is 52.1 Å². The van der Waals surface area contributed by atoms with E-state index < -0.39 is 0 Å². The van der Waals surface area contributed by atoms with Crippen LogP contribution in [0.3, 0.4) is 0 Å². The van der Waals surface area contributed by atoms with E-state index in [0.29, 0.717) is 25.4 Å². The van der Waals surface area contributed by atoms with Gasteiger partial charge in [-0.25, -0.2) is 4.79 Å². The van der Waals surface area contributed by atoms with Gasteiger partial charge in [-0.2, -0.15) is 0 Å². The van der Waals surface area contributed by atoms with Crippen molar-refractivity contribution < 1.29 is 28.8 Å². The van der Waals surface area contributed by atoms with E-state index in [2.05, 4.69) is 6.58 Å². The highest BCUT2D eigenvalue weighted by molar-refractivity contribution is 5.81. The standard InChI is InChI=1S/C12H22O3.C6H10O3/c1-2-12(14)15-11-9-7-5-3-4-6-8-10-13;1(5-3-8-5)7-2-6-4-9-6/h2,13H,1,3-11H2;5-6H,1-4H2. The summed E-state index contributed by atoms with van der Waals surface area (Å²) < 4.78 is 20.0. The minimum atomic E-state index is -0.335. The SMILES string of the molecule is C(OCC1CO1)C1CO1.C=CC(=O)OCCCCCCCCCO. The van der Waals surface area contributed by atoms with Crippen LogP contribution in [0.1, 0.15) is 44.9 Å². The molecule has 0 saturated carbocycles. The molecule has 24 heavy (non-hydrogen) atoms. The molecule has 2 aliphatic heterocycles. The molecule has 0 aliphatic carbocycles. The minimum absolute atomic E-state index is 0.303. The van der Waals surface area contributed by atoms with Crippen LogP contribution in [0.4, 0.5) is 0 Å². The average Bonchev–Trinajstić information content (AvgIpc) is 3.49. The van der Waals surface area contributed by atoms with Gasteiger partial charge in [-0.3, -0.25) is 0 Å². The van der Waals surface area contributed by atoms with Gasteiger partial charge in [0.05, 0.1) is 33.0 Å². The van der Waals surface area contributed by atoms with Crippen molar-refractivity contribution in [2.45, 2.75) is 57.2 Å². The average molecular weight is 344 g/mol. The van der Waals surface area contributed by atoms with Gasteiger partial charge in [0.25, 0.3) is 0 Å². The number of hydrogen-bond donors (Lipinski definition) is 1. The molecule has 2 fully saturated rings. The van der Waals surface area contributed by atoms with E-state index >= 15 is 0 Å². The van der Waals surface area contributed by atoms with Crippen LogP contribution >= 0.6 is 0 Å². The summed E-state index contributed by atoms with van der Waals surface area (Å²) in [5.74, 6) is -0.335. The van der Waals surface area contributed by atoms with Crippen molar-refractivity contribution in [2.75, 3.05) is 39.6 Å². The molecule has 1 N–H and O–H groups in total. The van der Waals surface area contributed by atoms with Crippen LogP contribution in [0.5, 0.6) is 0 Å². The Morgan fingerprint density at radius 1 is 1.00 bits per heavy atom. The summed E-state index contributed by atoms with van der Waals surface area (Å²) in [5.41, 5.74) is 0. The lowest BCUT2D eigenvalue weighted by atomic mass is 10.1. The van der Waals surface area contributed by atoms with Crippen LogP contribution < -0.4 is 0 Å². The fourth-order valence-corrected chi connectivity index (χ4v) is 1.99. The van der Waals surface area contributed by atoms with Crippen molar-refractivity contribution in [3.05, 3.63) is 12.7 Å². The van der Waals surface area contributed by atoms with Gasteiger partial charge in [-0.1, -0.05) is 38.7 Å². The van der Waals surface area contributed by atoms with Crippen molar-refractivity contribution in [1.29, 1.82) is 0 Å².